The minimum absolute atomic E-state index is 0.0177. The topological polar surface area (TPSA) is 54.5 Å². The van der Waals surface area contributed by atoms with Gasteiger partial charge in [0.2, 0.25) is 5.91 Å². The SMILES string of the molecule is CC(=O)N(c1cccc(C(F)(F)F)c1)[C@@H]1C=CS(=O)(=O)C1. The average Bonchev–Trinajstić information content (AvgIpc) is 2.68. The maximum absolute atomic E-state index is 12.7. The number of benzene rings is 1. The first-order chi connectivity index (χ1) is 9.60. The third kappa shape index (κ3) is 3.44. The summed E-state index contributed by atoms with van der Waals surface area (Å²) in [5.41, 5.74) is -0.875. The number of amides is 1. The van der Waals surface area contributed by atoms with Crippen molar-refractivity contribution in [1.29, 1.82) is 0 Å². The van der Waals surface area contributed by atoms with Crippen molar-refractivity contribution in [2.24, 2.45) is 0 Å². The number of anilines is 1. The van der Waals surface area contributed by atoms with Crippen LogP contribution in [0.4, 0.5) is 18.9 Å². The molecule has 0 saturated carbocycles. The van der Waals surface area contributed by atoms with Crippen LogP contribution >= 0.6 is 0 Å². The van der Waals surface area contributed by atoms with Gasteiger partial charge in [-0.25, -0.2) is 8.42 Å². The van der Waals surface area contributed by atoms with Gasteiger partial charge in [-0.1, -0.05) is 6.07 Å². The minimum atomic E-state index is -4.53. The van der Waals surface area contributed by atoms with Crippen LogP contribution in [0.1, 0.15) is 12.5 Å². The molecule has 114 valence electrons. The Bertz CT molecular complexity index is 695. The summed E-state index contributed by atoms with van der Waals surface area (Å²) in [6.07, 6.45) is -3.23. The lowest BCUT2D eigenvalue weighted by Crippen LogP contribution is -2.39. The molecule has 8 heteroatoms. The zero-order chi connectivity index (χ0) is 15.8. The molecular weight excluding hydrogens is 307 g/mol. The van der Waals surface area contributed by atoms with Gasteiger partial charge in [0.15, 0.2) is 9.84 Å². The fourth-order valence-electron chi connectivity index (χ4n) is 2.16. The molecule has 0 bridgehead atoms. The molecule has 0 unspecified atom stereocenters. The van der Waals surface area contributed by atoms with E-state index in [0.29, 0.717) is 0 Å². The van der Waals surface area contributed by atoms with Gasteiger partial charge in [-0.3, -0.25) is 4.79 Å². The van der Waals surface area contributed by atoms with Crippen LogP contribution in [0.2, 0.25) is 0 Å². The predicted molar refractivity (Wildman–Crippen MR) is 71.3 cm³/mol. The molecule has 2 rings (SSSR count). The molecule has 1 aromatic rings. The van der Waals surface area contributed by atoms with Gasteiger partial charge in [0, 0.05) is 18.0 Å². The van der Waals surface area contributed by atoms with E-state index in [4.69, 9.17) is 0 Å². The van der Waals surface area contributed by atoms with Crippen LogP contribution in [0, 0.1) is 0 Å². The summed E-state index contributed by atoms with van der Waals surface area (Å²) < 4.78 is 61.0. The van der Waals surface area contributed by atoms with Crippen LogP contribution in [-0.2, 0) is 20.8 Å². The number of carbonyl (C=O) groups excluding carboxylic acids is 1. The average molecular weight is 319 g/mol. The second-order valence-electron chi connectivity index (χ2n) is 4.66. The quantitative estimate of drug-likeness (QED) is 0.841. The van der Waals surface area contributed by atoms with E-state index in [0.717, 1.165) is 22.4 Å². The molecule has 0 radical (unpaired) electrons. The summed E-state index contributed by atoms with van der Waals surface area (Å²) in [5.74, 6) is -0.857. The van der Waals surface area contributed by atoms with Crippen LogP contribution in [-0.4, -0.2) is 26.1 Å². The van der Waals surface area contributed by atoms with Gasteiger partial charge < -0.3 is 4.90 Å². The first kappa shape index (κ1) is 15.6. The third-order valence-electron chi connectivity index (χ3n) is 3.03. The molecule has 1 aliphatic rings. The van der Waals surface area contributed by atoms with E-state index in [1.807, 2.05) is 0 Å². The Balaban J connectivity index is 2.41. The van der Waals surface area contributed by atoms with Gasteiger partial charge in [0.1, 0.15) is 0 Å². The summed E-state index contributed by atoms with van der Waals surface area (Å²) in [6.45, 7) is 1.18. The standard InChI is InChI=1S/C13H12F3NO3S/c1-9(18)17(12-5-6-21(19,20)8-12)11-4-2-3-10(7-11)13(14,15)16/h2-7,12H,8H2,1H3/t12-/m1/s1. The van der Waals surface area contributed by atoms with Gasteiger partial charge in [-0.2, -0.15) is 13.2 Å². The maximum atomic E-state index is 12.7. The Morgan fingerprint density at radius 3 is 2.48 bits per heavy atom. The Morgan fingerprint density at radius 1 is 1.33 bits per heavy atom. The summed E-state index contributed by atoms with van der Waals surface area (Å²) in [7, 11) is -3.42. The zero-order valence-electron chi connectivity index (χ0n) is 11.0. The van der Waals surface area contributed by atoms with E-state index in [2.05, 4.69) is 0 Å². The normalized spacial score (nSPS) is 20.5. The molecule has 0 aromatic heterocycles. The minimum Gasteiger partial charge on any atom is -0.305 e. The highest BCUT2D eigenvalue weighted by Crippen LogP contribution is 2.32. The maximum Gasteiger partial charge on any atom is 0.416 e. The van der Waals surface area contributed by atoms with Crippen LogP contribution < -0.4 is 4.90 Å². The molecule has 0 aliphatic carbocycles. The van der Waals surface area contributed by atoms with Crippen molar-refractivity contribution >= 4 is 21.4 Å². The lowest BCUT2D eigenvalue weighted by Gasteiger charge is -2.27. The number of rotatable bonds is 2. The zero-order valence-corrected chi connectivity index (χ0v) is 11.8. The number of nitrogens with zero attached hydrogens (tertiary/aromatic N) is 1. The number of hydrogen-bond acceptors (Lipinski definition) is 3. The number of halogens is 3. The van der Waals surface area contributed by atoms with Gasteiger partial charge in [0.05, 0.1) is 17.4 Å². The van der Waals surface area contributed by atoms with Crippen LogP contribution in [0.3, 0.4) is 0 Å². The van der Waals surface area contributed by atoms with Crippen LogP contribution in [0.15, 0.2) is 35.7 Å². The van der Waals surface area contributed by atoms with Crippen molar-refractivity contribution in [2.75, 3.05) is 10.7 Å². The molecule has 1 atom stereocenters. The van der Waals surface area contributed by atoms with Crippen molar-refractivity contribution in [2.45, 2.75) is 19.1 Å². The molecule has 1 amide bonds. The first-order valence-electron chi connectivity index (χ1n) is 5.98. The van der Waals surface area contributed by atoms with Crippen LogP contribution in [0.25, 0.3) is 0 Å². The molecule has 0 spiro atoms. The van der Waals surface area contributed by atoms with E-state index < -0.39 is 33.5 Å². The van der Waals surface area contributed by atoms with Crippen molar-refractivity contribution < 1.29 is 26.4 Å². The summed E-state index contributed by atoms with van der Waals surface area (Å²) in [4.78, 5) is 12.8. The van der Waals surface area contributed by atoms with E-state index in [1.165, 1.54) is 25.1 Å². The molecule has 0 saturated heterocycles. The lowest BCUT2D eigenvalue weighted by atomic mass is 10.1. The lowest BCUT2D eigenvalue weighted by molar-refractivity contribution is -0.137. The number of carbonyl (C=O) groups is 1. The van der Waals surface area contributed by atoms with Crippen molar-refractivity contribution in [1.82, 2.24) is 0 Å². The van der Waals surface area contributed by atoms with E-state index in [-0.39, 0.29) is 11.4 Å². The Labute approximate surface area is 119 Å². The molecule has 0 N–H and O–H groups in total. The molecule has 21 heavy (non-hydrogen) atoms. The monoisotopic (exact) mass is 319 g/mol. The van der Waals surface area contributed by atoms with Gasteiger partial charge in [0.25, 0.3) is 0 Å². The highest BCUT2D eigenvalue weighted by Gasteiger charge is 2.33. The molecular formula is C13H12F3NO3S. The summed E-state index contributed by atoms with van der Waals surface area (Å²) in [5, 5.41) is 0.973. The second kappa shape index (κ2) is 5.18. The van der Waals surface area contributed by atoms with Crippen LogP contribution in [0.5, 0.6) is 0 Å². The smallest absolute Gasteiger partial charge is 0.305 e. The van der Waals surface area contributed by atoms with Crippen molar-refractivity contribution in [3.05, 3.63) is 41.3 Å². The third-order valence-corrected chi connectivity index (χ3v) is 4.41. The highest BCUT2D eigenvalue weighted by atomic mass is 32.2. The largest absolute Gasteiger partial charge is 0.416 e. The Morgan fingerprint density at radius 2 is 2.00 bits per heavy atom. The molecule has 4 nitrogen and oxygen atoms in total. The highest BCUT2D eigenvalue weighted by molar-refractivity contribution is 7.94. The van der Waals surface area contributed by atoms with E-state index >= 15 is 0 Å². The van der Waals surface area contributed by atoms with E-state index in [1.54, 1.807) is 0 Å². The second-order valence-corrected chi connectivity index (χ2v) is 6.59. The van der Waals surface area contributed by atoms with Gasteiger partial charge in [-0.15, -0.1) is 0 Å². The van der Waals surface area contributed by atoms with Crippen molar-refractivity contribution in [3.8, 4) is 0 Å². The molecule has 1 heterocycles. The Kier molecular flexibility index (Phi) is 3.83. The predicted octanol–water partition coefficient (Wildman–Crippen LogP) is 2.37. The van der Waals surface area contributed by atoms with E-state index in [9.17, 15) is 26.4 Å². The Hall–Kier alpha value is -1.83. The molecule has 1 aliphatic heterocycles. The number of sulfone groups is 1. The fraction of sp³-hybridized carbons (Fsp3) is 0.308. The molecule has 0 fully saturated rings. The van der Waals surface area contributed by atoms with Gasteiger partial charge >= 0.3 is 6.18 Å². The number of hydrogen-bond donors (Lipinski definition) is 0. The first-order valence-corrected chi connectivity index (χ1v) is 7.70. The fourth-order valence-corrected chi connectivity index (χ4v) is 3.43. The summed E-state index contributed by atoms with van der Waals surface area (Å²) >= 11 is 0. The van der Waals surface area contributed by atoms with Crippen molar-refractivity contribution in [3.63, 3.8) is 0 Å². The molecule has 1 aromatic carbocycles. The number of alkyl halides is 3. The summed E-state index contributed by atoms with van der Waals surface area (Å²) in [6, 6.07) is 3.45. The van der Waals surface area contributed by atoms with Gasteiger partial charge in [-0.05, 0) is 24.3 Å².